The SMILES string of the molecule is CS/C(NCc1cccnc1)=C(/C#N)C(=O)c1ccc(Cl)cc1. The maximum absolute atomic E-state index is 12.5. The van der Waals surface area contributed by atoms with Gasteiger partial charge in [0, 0.05) is 29.5 Å². The summed E-state index contributed by atoms with van der Waals surface area (Å²) in [5, 5.41) is 13.6. The highest BCUT2D eigenvalue weighted by Gasteiger charge is 2.17. The molecule has 0 spiro atoms. The van der Waals surface area contributed by atoms with Crippen molar-refractivity contribution in [2.45, 2.75) is 6.54 Å². The average molecular weight is 344 g/mol. The van der Waals surface area contributed by atoms with Gasteiger partial charge in [0.1, 0.15) is 11.6 Å². The number of nitrogens with one attached hydrogen (secondary N) is 1. The molecule has 0 amide bonds. The van der Waals surface area contributed by atoms with Crippen LogP contribution in [0.3, 0.4) is 0 Å². The zero-order valence-electron chi connectivity index (χ0n) is 12.4. The number of carbonyl (C=O) groups is 1. The number of halogens is 1. The Morgan fingerprint density at radius 1 is 1.35 bits per heavy atom. The Labute approximate surface area is 144 Å². The summed E-state index contributed by atoms with van der Waals surface area (Å²) in [6, 6.07) is 12.2. The Kier molecular flexibility index (Phi) is 6.21. The Morgan fingerprint density at radius 3 is 2.65 bits per heavy atom. The third-order valence-electron chi connectivity index (χ3n) is 3.05. The molecule has 1 N–H and O–H groups in total. The van der Waals surface area contributed by atoms with Crippen LogP contribution in [0.5, 0.6) is 0 Å². The number of aromatic nitrogens is 1. The smallest absolute Gasteiger partial charge is 0.206 e. The van der Waals surface area contributed by atoms with Crippen LogP contribution in [0.2, 0.25) is 5.02 Å². The fraction of sp³-hybridized carbons (Fsp3) is 0.118. The van der Waals surface area contributed by atoms with E-state index in [1.54, 1.807) is 36.7 Å². The Bertz CT molecular complexity index is 752. The van der Waals surface area contributed by atoms with Gasteiger partial charge in [0.25, 0.3) is 0 Å². The third kappa shape index (κ3) is 4.59. The molecule has 0 radical (unpaired) electrons. The lowest BCUT2D eigenvalue weighted by Crippen LogP contribution is -2.16. The van der Waals surface area contributed by atoms with Crippen molar-refractivity contribution in [3.05, 3.63) is 75.5 Å². The van der Waals surface area contributed by atoms with E-state index in [1.165, 1.54) is 11.8 Å². The fourth-order valence-electron chi connectivity index (χ4n) is 1.90. The Hall–Kier alpha value is -2.29. The highest BCUT2D eigenvalue weighted by atomic mass is 35.5. The molecular weight excluding hydrogens is 330 g/mol. The van der Waals surface area contributed by atoms with Gasteiger partial charge in [-0.2, -0.15) is 5.26 Å². The molecule has 23 heavy (non-hydrogen) atoms. The molecule has 0 aliphatic carbocycles. The summed E-state index contributed by atoms with van der Waals surface area (Å²) in [7, 11) is 0. The first-order valence-corrected chi connectivity index (χ1v) is 8.37. The number of nitrogens with zero attached hydrogens (tertiary/aromatic N) is 2. The summed E-state index contributed by atoms with van der Waals surface area (Å²) in [6.45, 7) is 0.489. The van der Waals surface area contributed by atoms with Crippen molar-refractivity contribution < 1.29 is 4.79 Å². The average Bonchev–Trinajstić information content (AvgIpc) is 2.59. The van der Waals surface area contributed by atoms with Crippen molar-refractivity contribution in [3.8, 4) is 6.07 Å². The van der Waals surface area contributed by atoms with E-state index in [1.807, 2.05) is 24.5 Å². The second kappa shape index (κ2) is 8.37. The van der Waals surface area contributed by atoms with Crippen LogP contribution in [0.15, 0.2) is 59.4 Å². The van der Waals surface area contributed by atoms with Crippen LogP contribution < -0.4 is 5.32 Å². The number of ketones is 1. The maximum Gasteiger partial charge on any atom is 0.206 e. The number of benzene rings is 1. The molecule has 6 heteroatoms. The zero-order valence-corrected chi connectivity index (χ0v) is 14.0. The van der Waals surface area contributed by atoms with E-state index in [9.17, 15) is 10.1 Å². The highest BCUT2D eigenvalue weighted by molar-refractivity contribution is 8.02. The standard InChI is InChI=1S/C17H14ClN3OS/c1-23-17(21-11-12-3-2-8-20-10-12)15(9-19)16(22)13-4-6-14(18)7-5-13/h2-8,10,21H,11H2,1H3/b17-15-. The maximum atomic E-state index is 12.5. The lowest BCUT2D eigenvalue weighted by atomic mass is 10.1. The molecule has 2 aromatic rings. The van der Waals surface area contributed by atoms with Crippen LogP contribution in [0.1, 0.15) is 15.9 Å². The van der Waals surface area contributed by atoms with E-state index in [0.717, 1.165) is 5.56 Å². The van der Waals surface area contributed by atoms with Gasteiger partial charge in [-0.3, -0.25) is 9.78 Å². The van der Waals surface area contributed by atoms with Gasteiger partial charge in [0.15, 0.2) is 0 Å². The molecule has 1 aromatic carbocycles. The summed E-state index contributed by atoms with van der Waals surface area (Å²) in [5.74, 6) is -0.327. The van der Waals surface area contributed by atoms with Gasteiger partial charge in [-0.05, 0) is 42.2 Å². The lowest BCUT2D eigenvalue weighted by Gasteiger charge is -2.11. The van der Waals surface area contributed by atoms with Gasteiger partial charge in [0.05, 0.1) is 5.03 Å². The number of hydrogen-bond donors (Lipinski definition) is 1. The molecule has 2 rings (SSSR count). The van der Waals surface area contributed by atoms with Gasteiger partial charge in [0.2, 0.25) is 5.78 Å². The van der Waals surface area contributed by atoms with Crippen molar-refractivity contribution >= 4 is 29.1 Å². The minimum Gasteiger partial charge on any atom is -0.375 e. The summed E-state index contributed by atoms with van der Waals surface area (Å²) in [5.41, 5.74) is 1.49. The van der Waals surface area contributed by atoms with Crippen LogP contribution in [0, 0.1) is 11.3 Å². The number of carbonyl (C=O) groups excluding carboxylic acids is 1. The lowest BCUT2D eigenvalue weighted by molar-refractivity contribution is 0.103. The van der Waals surface area contributed by atoms with Crippen molar-refractivity contribution in [1.82, 2.24) is 10.3 Å². The Balaban J connectivity index is 2.23. The van der Waals surface area contributed by atoms with Crippen LogP contribution in [0.4, 0.5) is 0 Å². The molecule has 1 heterocycles. The third-order valence-corrected chi connectivity index (χ3v) is 4.06. The van der Waals surface area contributed by atoms with Gasteiger partial charge < -0.3 is 5.32 Å². The predicted molar refractivity (Wildman–Crippen MR) is 93.0 cm³/mol. The van der Waals surface area contributed by atoms with Crippen molar-refractivity contribution in [2.24, 2.45) is 0 Å². The van der Waals surface area contributed by atoms with Crippen molar-refractivity contribution in [2.75, 3.05) is 6.26 Å². The molecule has 116 valence electrons. The number of Topliss-reactive ketones (excluding diaryl/α,β-unsaturated/α-hetero) is 1. The number of hydrogen-bond acceptors (Lipinski definition) is 5. The first-order chi connectivity index (χ1) is 11.2. The Morgan fingerprint density at radius 2 is 2.09 bits per heavy atom. The van der Waals surface area contributed by atoms with E-state index >= 15 is 0 Å². The molecule has 0 atom stereocenters. The molecular formula is C17H14ClN3OS. The first-order valence-electron chi connectivity index (χ1n) is 6.77. The fourth-order valence-corrected chi connectivity index (χ4v) is 2.58. The number of allylic oxidation sites excluding steroid dienone is 1. The highest BCUT2D eigenvalue weighted by Crippen LogP contribution is 2.20. The molecule has 0 bridgehead atoms. The van der Waals surface area contributed by atoms with Crippen LogP contribution in [-0.4, -0.2) is 17.0 Å². The van der Waals surface area contributed by atoms with E-state index in [2.05, 4.69) is 10.3 Å². The minimum atomic E-state index is -0.327. The van der Waals surface area contributed by atoms with Crippen LogP contribution >= 0.6 is 23.4 Å². The molecule has 1 aromatic heterocycles. The summed E-state index contributed by atoms with van der Waals surface area (Å²) < 4.78 is 0. The van der Waals surface area contributed by atoms with E-state index in [0.29, 0.717) is 22.2 Å². The molecule has 4 nitrogen and oxygen atoms in total. The van der Waals surface area contributed by atoms with Gasteiger partial charge in [-0.1, -0.05) is 17.7 Å². The number of thioether (sulfide) groups is 1. The normalized spacial score (nSPS) is 11.3. The second-order valence-corrected chi connectivity index (χ2v) is 5.82. The second-order valence-electron chi connectivity index (χ2n) is 4.57. The summed E-state index contributed by atoms with van der Waals surface area (Å²) in [6.07, 6.45) is 5.25. The molecule has 0 unspecified atom stereocenters. The number of rotatable bonds is 6. The zero-order chi connectivity index (χ0) is 16.7. The molecule has 0 fully saturated rings. The van der Waals surface area contributed by atoms with E-state index in [4.69, 9.17) is 11.6 Å². The number of nitriles is 1. The largest absolute Gasteiger partial charge is 0.375 e. The number of pyridine rings is 1. The van der Waals surface area contributed by atoms with Gasteiger partial charge in [-0.15, -0.1) is 11.8 Å². The molecule has 0 aliphatic rings. The summed E-state index contributed by atoms with van der Waals surface area (Å²) in [4.78, 5) is 16.5. The van der Waals surface area contributed by atoms with Crippen molar-refractivity contribution in [1.29, 1.82) is 5.26 Å². The quantitative estimate of drug-likeness (QED) is 0.491. The van der Waals surface area contributed by atoms with Crippen LogP contribution in [-0.2, 0) is 6.54 Å². The van der Waals surface area contributed by atoms with Crippen LogP contribution in [0.25, 0.3) is 0 Å². The van der Waals surface area contributed by atoms with E-state index in [-0.39, 0.29) is 11.4 Å². The van der Waals surface area contributed by atoms with Gasteiger partial charge >= 0.3 is 0 Å². The monoisotopic (exact) mass is 343 g/mol. The first kappa shape index (κ1) is 17.1. The van der Waals surface area contributed by atoms with E-state index < -0.39 is 0 Å². The predicted octanol–water partition coefficient (Wildman–Crippen LogP) is 3.81. The molecule has 0 saturated carbocycles. The van der Waals surface area contributed by atoms with Gasteiger partial charge in [-0.25, -0.2) is 0 Å². The van der Waals surface area contributed by atoms with Crippen molar-refractivity contribution in [3.63, 3.8) is 0 Å². The molecule has 0 aliphatic heterocycles. The molecule has 0 saturated heterocycles. The summed E-state index contributed by atoms with van der Waals surface area (Å²) >= 11 is 7.15. The minimum absolute atomic E-state index is 0.0868. The topological polar surface area (TPSA) is 65.8 Å².